The van der Waals surface area contributed by atoms with E-state index < -0.39 is 5.60 Å². The summed E-state index contributed by atoms with van der Waals surface area (Å²) in [5, 5.41) is 13.5. The molecule has 1 aliphatic heterocycles. The Bertz CT molecular complexity index is 321. The molecule has 0 aromatic heterocycles. The zero-order valence-electron chi connectivity index (χ0n) is 12.9. The van der Waals surface area contributed by atoms with Gasteiger partial charge in [0.2, 0.25) is 0 Å². The summed E-state index contributed by atoms with van der Waals surface area (Å²) in [5.41, 5.74) is -0.537. The van der Waals surface area contributed by atoms with Crippen molar-refractivity contribution in [3.8, 4) is 0 Å². The number of rotatable bonds is 5. The fourth-order valence-electron chi connectivity index (χ4n) is 2.86. The van der Waals surface area contributed by atoms with Crippen LogP contribution in [0.1, 0.15) is 46.0 Å². The molecule has 1 saturated carbocycles. The van der Waals surface area contributed by atoms with Crippen LogP contribution in [0.4, 0.5) is 0 Å². The summed E-state index contributed by atoms with van der Waals surface area (Å²) < 4.78 is 5.68. The van der Waals surface area contributed by atoms with Crippen LogP contribution in [0.15, 0.2) is 4.99 Å². The summed E-state index contributed by atoms with van der Waals surface area (Å²) in [5.74, 6) is 0.947. The molecule has 0 bridgehead atoms. The Morgan fingerprint density at radius 1 is 1.35 bits per heavy atom. The first kappa shape index (κ1) is 15.6. The maximum atomic E-state index is 10.2. The lowest BCUT2D eigenvalue weighted by Gasteiger charge is -2.37. The number of nitrogens with one attached hydrogen (secondary N) is 1. The van der Waals surface area contributed by atoms with E-state index in [4.69, 9.17) is 4.74 Å². The van der Waals surface area contributed by atoms with E-state index >= 15 is 0 Å². The lowest BCUT2D eigenvalue weighted by molar-refractivity contribution is -0.0239. The lowest BCUT2D eigenvalue weighted by Crippen LogP contribution is -2.48. The summed E-state index contributed by atoms with van der Waals surface area (Å²) in [7, 11) is 0. The quantitative estimate of drug-likeness (QED) is 0.591. The Morgan fingerprint density at radius 2 is 2.05 bits per heavy atom. The number of aliphatic hydroxyl groups is 1. The molecular formula is C15H29N3O2. The Hall–Kier alpha value is -0.810. The van der Waals surface area contributed by atoms with Crippen LogP contribution < -0.4 is 5.32 Å². The van der Waals surface area contributed by atoms with Gasteiger partial charge in [-0.3, -0.25) is 4.99 Å². The van der Waals surface area contributed by atoms with Crippen LogP contribution in [-0.2, 0) is 4.74 Å². The van der Waals surface area contributed by atoms with Gasteiger partial charge in [-0.25, -0.2) is 0 Å². The Morgan fingerprint density at radius 3 is 2.55 bits per heavy atom. The Kier molecular flexibility index (Phi) is 5.66. The molecule has 1 heterocycles. The second-order valence-corrected chi connectivity index (χ2v) is 5.89. The van der Waals surface area contributed by atoms with Crippen molar-refractivity contribution < 1.29 is 9.84 Å². The van der Waals surface area contributed by atoms with E-state index in [1.54, 1.807) is 0 Å². The van der Waals surface area contributed by atoms with Gasteiger partial charge in [-0.05, 0) is 46.0 Å². The smallest absolute Gasteiger partial charge is 0.194 e. The van der Waals surface area contributed by atoms with Crippen LogP contribution in [0, 0.1) is 0 Å². The van der Waals surface area contributed by atoms with Crippen LogP contribution in [0.25, 0.3) is 0 Å². The summed E-state index contributed by atoms with van der Waals surface area (Å²) >= 11 is 0. The van der Waals surface area contributed by atoms with E-state index in [9.17, 15) is 5.11 Å². The third-order valence-electron chi connectivity index (χ3n) is 4.29. The van der Waals surface area contributed by atoms with Crippen LogP contribution >= 0.6 is 0 Å². The van der Waals surface area contributed by atoms with E-state index in [1.807, 2.05) is 0 Å². The number of piperidine rings is 1. The first-order valence-electron chi connectivity index (χ1n) is 8.04. The van der Waals surface area contributed by atoms with Crippen molar-refractivity contribution in [1.82, 2.24) is 10.2 Å². The van der Waals surface area contributed by atoms with Crippen LogP contribution in [0.3, 0.4) is 0 Å². The van der Waals surface area contributed by atoms with E-state index in [2.05, 4.69) is 29.1 Å². The normalized spacial score (nSPS) is 23.6. The minimum absolute atomic E-state index is 0.398. The van der Waals surface area contributed by atoms with Crippen molar-refractivity contribution in [2.45, 2.75) is 57.7 Å². The van der Waals surface area contributed by atoms with Gasteiger partial charge in [-0.1, -0.05) is 0 Å². The maximum Gasteiger partial charge on any atom is 0.194 e. The van der Waals surface area contributed by atoms with E-state index in [0.29, 0.717) is 12.6 Å². The third kappa shape index (κ3) is 4.09. The maximum absolute atomic E-state index is 10.2. The first-order valence-corrected chi connectivity index (χ1v) is 8.04. The molecule has 0 aromatic carbocycles. The molecular weight excluding hydrogens is 254 g/mol. The van der Waals surface area contributed by atoms with Gasteiger partial charge < -0.3 is 20.1 Å². The average Bonchev–Trinajstić information content (AvgIpc) is 2.43. The summed E-state index contributed by atoms with van der Waals surface area (Å²) in [6, 6.07) is 0. The van der Waals surface area contributed by atoms with Crippen molar-refractivity contribution >= 4 is 5.96 Å². The summed E-state index contributed by atoms with van der Waals surface area (Å²) in [6.45, 7) is 8.29. The lowest BCUT2D eigenvalue weighted by atomic mass is 9.80. The zero-order chi connectivity index (χ0) is 14.4. The van der Waals surface area contributed by atoms with E-state index in [0.717, 1.165) is 64.3 Å². The highest BCUT2D eigenvalue weighted by Crippen LogP contribution is 2.31. The molecule has 0 unspecified atom stereocenters. The molecule has 1 saturated heterocycles. The number of likely N-dealkylation sites (tertiary alicyclic amines) is 1. The molecule has 0 amide bonds. The standard InChI is InChI=1S/C15H29N3O2/c1-3-16-14(17-12-15(19)8-5-9-15)18-10-6-13(7-11-18)20-4-2/h13,19H,3-12H2,1-2H3,(H,16,17). The van der Waals surface area contributed by atoms with Gasteiger partial charge in [-0.15, -0.1) is 0 Å². The van der Waals surface area contributed by atoms with E-state index in [1.165, 1.54) is 0 Å². The topological polar surface area (TPSA) is 57.1 Å². The number of nitrogens with zero attached hydrogens (tertiary/aromatic N) is 2. The molecule has 0 aromatic rings. The molecule has 0 spiro atoms. The van der Waals surface area contributed by atoms with Gasteiger partial charge in [0.05, 0.1) is 18.2 Å². The minimum atomic E-state index is -0.537. The van der Waals surface area contributed by atoms with Crippen molar-refractivity contribution in [2.24, 2.45) is 4.99 Å². The molecule has 1 aliphatic carbocycles. The van der Waals surface area contributed by atoms with Crippen LogP contribution in [0.2, 0.25) is 0 Å². The van der Waals surface area contributed by atoms with Gasteiger partial charge in [0.15, 0.2) is 5.96 Å². The number of ether oxygens (including phenoxy) is 1. The highest BCUT2D eigenvalue weighted by atomic mass is 16.5. The molecule has 116 valence electrons. The molecule has 0 radical (unpaired) electrons. The van der Waals surface area contributed by atoms with Crippen molar-refractivity contribution in [3.63, 3.8) is 0 Å². The average molecular weight is 283 g/mol. The summed E-state index contributed by atoms with van der Waals surface area (Å²) in [4.78, 5) is 6.94. The second-order valence-electron chi connectivity index (χ2n) is 5.89. The highest BCUT2D eigenvalue weighted by Gasteiger charge is 2.34. The molecule has 2 aliphatic rings. The van der Waals surface area contributed by atoms with Gasteiger partial charge >= 0.3 is 0 Å². The molecule has 5 heteroatoms. The Balaban J connectivity index is 1.86. The number of hydrogen-bond acceptors (Lipinski definition) is 3. The van der Waals surface area contributed by atoms with Crippen molar-refractivity contribution in [3.05, 3.63) is 0 Å². The predicted molar refractivity (Wildman–Crippen MR) is 81.0 cm³/mol. The monoisotopic (exact) mass is 283 g/mol. The third-order valence-corrected chi connectivity index (χ3v) is 4.29. The van der Waals surface area contributed by atoms with Crippen molar-refractivity contribution in [2.75, 3.05) is 32.8 Å². The number of aliphatic imine (C=N–C) groups is 1. The van der Waals surface area contributed by atoms with Gasteiger partial charge in [0, 0.05) is 26.2 Å². The van der Waals surface area contributed by atoms with Crippen LogP contribution in [0.5, 0.6) is 0 Å². The van der Waals surface area contributed by atoms with Crippen molar-refractivity contribution in [1.29, 1.82) is 0 Å². The largest absolute Gasteiger partial charge is 0.388 e. The number of guanidine groups is 1. The van der Waals surface area contributed by atoms with Gasteiger partial charge in [0.25, 0.3) is 0 Å². The van der Waals surface area contributed by atoms with Gasteiger partial charge in [0.1, 0.15) is 0 Å². The minimum Gasteiger partial charge on any atom is -0.388 e. The van der Waals surface area contributed by atoms with Crippen LogP contribution in [-0.4, -0.2) is 60.5 Å². The SMILES string of the molecule is CCNC(=NCC1(O)CCC1)N1CCC(OCC)CC1. The predicted octanol–water partition coefficient (Wildman–Crippen LogP) is 1.37. The number of hydrogen-bond donors (Lipinski definition) is 2. The highest BCUT2D eigenvalue weighted by molar-refractivity contribution is 5.80. The molecule has 2 N–H and O–H groups in total. The Labute approximate surface area is 122 Å². The molecule has 2 rings (SSSR count). The first-order chi connectivity index (χ1) is 9.67. The van der Waals surface area contributed by atoms with E-state index in [-0.39, 0.29) is 0 Å². The molecule has 5 nitrogen and oxygen atoms in total. The molecule has 20 heavy (non-hydrogen) atoms. The second kappa shape index (κ2) is 7.27. The zero-order valence-corrected chi connectivity index (χ0v) is 12.9. The van der Waals surface area contributed by atoms with Gasteiger partial charge in [-0.2, -0.15) is 0 Å². The molecule has 0 atom stereocenters. The summed E-state index contributed by atoms with van der Waals surface area (Å²) in [6.07, 6.45) is 5.42. The molecule has 2 fully saturated rings. The fraction of sp³-hybridized carbons (Fsp3) is 0.933. The fourth-order valence-corrected chi connectivity index (χ4v) is 2.86.